The molecule has 1 aromatic carbocycles. The van der Waals surface area contributed by atoms with Gasteiger partial charge in [-0.2, -0.15) is 0 Å². The van der Waals surface area contributed by atoms with E-state index in [0.29, 0.717) is 23.5 Å². The zero-order valence-corrected chi connectivity index (χ0v) is 18.5. The summed E-state index contributed by atoms with van der Waals surface area (Å²) in [4.78, 5) is 4.50. The molecule has 2 N–H and O–H groups in total. The second kappa shape index (κ2) is 8.05. The van der Waals surface area contributed by atoms with Crippen molar-refractivity contribution in [1.29, 1.82) is 0 Å². The van der Waals surface area contributed by atoms with Crippen LogP contribution in [0.15, 0.2) is 29.3 Å². The van der Waals surface area contributed by atoms with E-state index in [1.807, 2.05) is 7.05 Å². The van der Waals surface area contributed by atoms with Crippen LogP contribution in [0.2, 0.25) is 0 Å². The van der Waals surface area contributed by atoms with E-state index in [1.165, 1.54) is 36.8 Å². The van der Waals surface area contributed by atoms with Crippen molar-refractivity contribution in [3.05, 3.63) is 35.4 Å². The Morgan fingerprint density at radius 3 is 2.62 bits per heavy atom. The number of rotatable bonds is 4. The molecule has 0 bridgehead atoms. The number of fused-ring (bicyclic) bond motifs is 2. The van der Waals surface area contributed by atoms with E-state index in [0.717, 1.165) is 19.0 Å². The third-order valence-electron chi connectivity index (χ3n) is 6.79. The van der Waals surface area contributed by atoms with Gasteiger partial charge >= 0.3 is 0 Å². The maximum atomic E-state index is 6.03. The molecule has 3 fully saturated rings. The van der Waals surface area contributed by atoms with Gasteiger partial charge in [-0.05, 0) is 43.7 Å². The molecule has 3 aliphatic rings. The normalized spacial score (nSPS) is 29.8. The summed E-state index contributed by atoms with van der Waals surface area (Å²) in [5.74, 6) is 1.59. The molecule has 4 atom stereocenters. The smallest absolute Gasteiger partial charge is 0.191 e. The Morgan fingerprint density at radius 2 is 2.04 bits per heavy atom. The molecule has 0 aromatic heterocycles. The number of halogens is 1. The molecule has 1 saturated heterocycles. The number of aliphatic imine (C=N–C) groups is 1. The van der Waals surface area contributed by atoms with E-state index >= 15 is 0 Å². The van der Waals surface area contributed by atoms with Crippen LogP contribution in [0.4, 0.5) is 0 Å². The van der Waals surface area contributed by atoms with Gasteiger partial charge in [0.2, 0.25) is 0 Å². The Morgan fingerprint density at radius 1 is 1.31 bits per heavy atom. The lowest BCUT2D eigenvalue weighted by Gasteiger charge is -2.63. The zero-order valence-electron chi connectivity index (χ0n) is 16.1. The van der Waals surface area contributed by atoms with Gasteiger partial charge in [0.25, 0.3) is 0 Å². The zero-order chi connectivity index (χ0) is 17.4. The van der Waals surface area contributed by atoms with Crippen LogP contribution in [0.3, 0.4) is 0 Å². The number of hydrogen-bond acceptors (Lipinski definition) is 2. The molecule has 4 nitrogen and oxygen atoms in total. The highest BCUT2D eigenvalue weighted by molar-refractivity contribution is 14.0. The molecule has 0 amide bonds. The number of nitrogens with zero attached hydrogens (tertiary/aromatic N) is 1. The summed E-state index contributed by atoms with van der Waals surface area (Å²) < 4.78 is 6.03. The molecule has 2 saturated carbocycles. The first-order chi connectivity index (χ1) is 12.2. The van der Waals surface area contributed by atoms with Gasteiger partial charge < -0.3 is 15.4 Å². The molecule has 1 aromatic rings. The lowest BCUT2D eigenvalue weighted by Crippen LogP contribution is -2.72. The summed E-state index contributed by atoms with van der Waals surface area (Å²) >= 11 is 0. The van der Waals surface area contributed by atoms with E-state index in [1.54, 1.807) is 0 Å². The summed E-state index contributed by atoms with van der Waals surface area (Å²) in [6, 6.07) is 9.65. The third-order valence-corrected chi connectivity index (χ3v) is 6.79. The van der Waals surface area contributed by atoms with Crippen LogP contribution < -0.4 is 10.6 Å². The van der Waals surface area contributed by atoms with Gasteiger partial charge in [-0.3, -0.25) is 4.99 Å². The minimum absolute atomic E-state index is 0. The molecule has 4 unspecified atom stereocenters. The average molecular weight is 469 g/mol. The van der Waals surface area contributed by atoms with Crippen LogP contribution in [0.1, 0.15) is 56.7 Å². The van der Waals surface area contributed by atoms with Crippen LogP contribution in [0.25, 0.3) is 0 Å². The van der Waals surface area contributed by atoms with E-state index in [2.05, 4.69) is 53.7 Å². The standard InChI is InChI=1S/C21H31N3O.HI/c1-4-15-6-8-16(9-7-15)14(2)23-20(22-3)24-18-17-10-13-25-19(17)21(18)11-5-12-21;/h6-9,14,17-19H,4-5,10-13H2,1-3H3,(H2,22,23,24);1H. The number of benzene rings is 1. The lowest BCUT2D eigenvalue weighted by molar-refractivity contribution is -0.171. The predicted molar refractivity (Wildman–Crippen MR) is 117 cm³/mol. The van der Waals surface area contributed by atoms with Gasteiger partial charge in [-0.15, -0.1) is 24.0 Å². The summed E-state index contributed by atoms with van der Waals surface area (Å²) in [7, 11) is 1.87. The second-order valence-electron chi connectivity index (χ2n) is 7.99. The molecular formula is C21H32IN3O. The quantitative estimate of drug-likeness (QED) is 0.398. The maximum Gasteiger partial charge on any atom is 0.191 e. The van der Waals surface area contributed by atoms with Crippen molar-refractivity contribution in [3.63, 3.8) is 0 Å². The number of nitrogens with one attached hydrogen (secondary N) is 2. The molecular weight excluding hydrogens is 437 g/mol. The summed E-state index contributed by atoms with van der Waals surface area (Å²) in [5, 5.41) is 7.33. The minimum Gasteiger partial charge on any atom is -0.377 e. The Bertz CT molecular complexity index is 641. The third kappa shape index (κ3) is 3.26. The van der Waals surface area contributed by atoms with E-state index < -0.39 is 0 Å². The molecule has 5 heteroatoms. The largest absolute Gasteiger partial charge is 0.377 e. The van der Waals surface area contributed by atoms with E-state index in [4.69, 9.17) is 4.74 Å². The van der Waals surface area contributed by atoms with E-state index in [-0.39, 0.29) is 30.0 Å². The van der Waals surface area contributed by atoms with Gasteiger partial charge in [0.1, 0.15) is 0 Å². The van der Waals surface area contributed by atoms with Crippen molar-refractivity contribution >= 4 is 29.9 Å². The Balaban J connectivity index is 0.00000196. The van der Waals surface area contributed by atoms with Crippen molar-refractivity contribution in [2.24, 2.45) is 16.3 Å². The topological polar surface area (TPSA) is 45.7 Å². The summed E-state index contributed by atoms with van der Waals surface area (Å²) in [6.07, 6.45) is 6.72. The molecule has 26 heavy (non-hydrogen) atoms. The second-order valence-corrected chi connectivity index (χ2v) is 7.99. The van der Waals surface area contributed by atoms with Crippen LogP contribution in [-0.4, -0.2) is 31.8 Å². The highest BCUT2D eigenvalue weighted by atomic mass is 127. The first-order valence-corrected chi connectivity index (χ1v) is 9.88. The van der Waals surface area contributed by atoms with Crippen LogP contribution in [-0.2, 0) is 11.2 Å². The van der Waals surface area contributed by atoms with E-state index in [9.17, 15) is 0 Å². The van der Waals surface area contributed by atoms with Crippen molar-refractivity contribution < 1.29 is 4.74 Å². The first-order valence-electron chi connectivity index (χ1n) is 9.88. The van der Waals surface area contributed by atoms with Gasteiger partial charge in [-0.1, -0.05) is 37.6 Å². The highest BCUT2D eigenvalue weighted by Crippen LogP contribution is 2.62. The molecule has 1 heterocycles. The number of hydrogen-bond donors (Lipinski definition) is 2. The first kappa shape index (κ1) is 19.9. The highest BCUT2D eigenvalue weighted by Gasteiger charge is 2.66. The van der Waals surface area contributed by atoms with Crippen molar-refractivity contribution in [3.8, 4) is 0 Å². The van der Waals surface area contributed by atoms with Gasteiger partial charge in [-0.25, -0.2) is 0 Å². The molecule has 144 valence electrons. The van der Waals surface area contributed by atoms with Gasteiger partial charge in [0, 0.05) is 31.0 Å². The maximum absolute atomic E-state index is 6.03. The fourth-order valence-electron chi connectivity index (χ4n) is 5.10. The molecule has 2 aliphatic carbocycles. The molecule has 1 aliphatic heterocycles. The minimum atomic E-state index is 0. The van der Waals surface area contributed by atoms with Crippen molar-refractivity contribution in [2.45, 2.75) is 64.1 Å². The number of ether oxygens (including phenoxy) is 1. The van der Waals surface area contributed by atoms with Crippen molar-refractivity contribution in [2.75, 3.05) is 13.7 Å². The van der Waals surface area contributed by atoms with Crippen molar-refractivity contribution in [1.82, 2.24) is 10.6 Å². The van der Waals surface area contributed by atoms with Gasteiger partial charge in [0.05, 0.1) is 12.1 Å². The summed E-state index contributed by atoms with van der Waals surface area (Å²) in [5.41, 5.74) is 3.06. The van der Waals surface area contributed by atoms with Crippen LogP contribution >= 0.6 is 24.0 Å². The fourth-order valence-corrected chi connectivity index (χ4v) is 5.10. The van der Waals surface area contributed by atoms with Gasteiger partial charge in [0.15, 0.2) is 5.96 Å². The molecule has 1 spiro atoms. The summed E-state index contributed by atoms with van der Waals surface area (Å²) in [6.45, 7) is 5.33. The molecule has 0 radical (unpaired) electrons. The van der Waals surface area contributed by atoms with Crippen LogP contribution in [0, 0.1) is 11.3 Å². The van der Waals surface area contributed by atoms with Crippen LogP contribution in [0.5, 0.6) is 0 Å². The SMILES string of the molecule is CCc1ccc(C(C)NC(=NC)NC2C3CCOC3C23CCC3)cc1.I. The average Bonchev–Trinajstić information content (AvgIpc) is 3.02. The number of aryl methyl sites for hydroxylation is 1. The molecule has 4 rings (SSSR count). The Labute approximate surface area is 174 Å². The number of guanidine groups is 1. The lowest BCUT2D eigenvalue weighted by atomic mass is 9.46. The monoisotopic (exact) mass is 469 g/mol. The fraction of sp³-hybridized carbons (Fsp3) is 0.667. The predicted octanol–water partition coefficient (Wildman–Crippen LogP) is 4.05. The Kier molecular flexibility index (Phi) is 6.17. The Hall–Kier alpha value is -0.820.